The van der Waals surface area contributed by atoms with Crippen molar-refractivity contribution in [3.05, 3.63) is 29.7 Å². The molecule has 2 N–H and O–H groups in total. The Kier molecular flexibility index (Phi) is 4.18. The maximum Gasteiger partial charge on any atom is 0.379 e. The monoisotopic (exact) mass is 309 g/mol. The van der Waals surface area contributed by atoms with Crippen LogP contribution < -0.4 is 4.74 Å². The summed E-state index contributed by atoms with van der Waals surface area (Å²) in [7, 11) is 1.07. The van der Waals surface area contributed by atoms with Crippen molar-refractivity contribution in [1.82, 2.24) is 4.98 Å². The summed E-state index contributed by atoms with van der Waals surface area (Å²) < 4.78 is 24.1. The number of carbonyl (C=O) groups excluding carboxylic acids is 2. The molecule has 22 heavy (non-hydrogen) atoms. The largest absolute Gasteiger partial charge is 0.483 e. The van der Waals surface area contributed by atoms with Crippen LogP contribution in [0.1, 0.15) is 24.2 Å². The zero-order chi connectivity index (χ0) is 16.5. The van der Waals surface area contributed by atoms with Crippen LogP contribution in [0.4, 0.5) is 4.39 Å². The molecule has 0 unspecified atom stereocenters. The molecule has 0 fully saturated rings. The molecule has 118 valence electrons. The first-order valence-corrected chi connectivity index (χ1v) is 6.53. The quantitative estimate of drug-likeness (QED) is 0.499. The van der Waals surface area contributed by atoms with E-state index in [0.717, 1.165) is 13.2 Å². The number of ether oxygens (including phenoxy) is 2. The van der Waals surface area contributed by atoms with E-state index in [2.05, 4.69) is 9.72 Å². The number of Topliss-reactive ketones (excluding diaryl/α,β-unsaturated/α-hetero) is 1. The number of hydrogen-bond donors (Lipinski definition) is 2. The summed E-state index contributed by atoms with van der Waals surface area (Å²) in [6, 6.07) is 2.52. The molecule has 0 aliphatic carbocycles. The average Bonchev–Trinajstić information content (AvgIpc) is 2.94. The molecule has 1 heterocycles. The van der Waals surface area contributed by atoms with Gasteiger partial charge in [0.1, 0.15) is 17.2 Å². The topological polar surface area (TPSA) is 88.6 Å². The van der Waals surface area contributed by atoms with E-state index in [1.807, 2.05) is 0 Å². The number of carbonyl (C=O) groups is 2. The van der Waals surface area contributed by atoms with Gasteiger partial charge >= 0.3 is 5.97 Å². The van der Waals surface area contributed by atoms with Crippen molar-refractivity contribution in [2.45, 2.75) is 19.4 Å². The number of aromatic amines is 1. The Morgan fingerprint density at radius 1 is 1.36 bits per heavy atom. The van der Waals surface area contributed by atoms with Gasteiger partial charge in [0.15, 0.2) is 0 Å². The van der Waals surface area contributed by atoms with Crippen LogP contribution in [-0.4, -0.2) is 41.2 Å². The summed E-state index contributed by atoms with van der Waals surface area (Å²) in [5.41, 5.74) is -0.789. The Labute approximate surface area is 125 Å². The fourth-order valence-corrected chi connectivity index (χ4v) is 1.98. The summed E-state index contributed by atoms with van der Waals surface area (Å²) in [5.74, 6) is -2.44. The summed E-state index contributed by atoms with van der Waals surface area (Å²) in [6.45, 7) is 3.07. The molecule has 0 radical (unpaired) electrons. The molecular weight excluding hydrogens is 293 g/mol. The Morgan fingerprint density at radius 3 is 2.64 bits per heavy atom. The minimum atomic E-state index is -1.08. The molecule has 1 aromatic heterocycles. The van der Waals surface area contributed by atoms with Crippen LogP contribution in [0.25, 0.3) is 10.9 Å². The number of aliphatic hydroxyl groups excluding tert-OH is 1. The van der Waals surface area contributed by atoms with Crippen LogP contribution in [0, 0.1) is 5.82 Å². The number of ketones is 1. The molecule has 2 aromatic rings. The molecular formula is C15H16FNO5. The predicted molar refractivity (Wildman–Crippen MR) is 76.4 cm³/mol. The minimum Gasteiger partial charge on any atom is -0.483 e. The lowest BCUT2D eigenvalue weighted by atomic mass is 10.1. The molecule has 0 amide bonds. The second-order valence-corrected chi connectivity index (χ2v) is 5.34. The highest BCUT2D eigenvalue weighted by Crippen LogP contribution is 2.32. The first kappa shape index (κ1) is 16.0. The second-order valence-electron chi connectivity index (χ2n) is 5.34. The summed E-state index contributed by atoms with van der Waals surface area (Å²) in [5, 5.41) is 9.20. The van der Waals surface area contributed by atoms with E-state index in [0.29, 0.717) is 0 Å². The van der Waals surface area contributed by atoms with E-state index in [1.165, 1.54) is 12.3 Å². The van der Waals surface area contributed by atoms with E-state index in [1.54, 1.807) is 13.8 Å². The highest BCUT2D eigenvalue weighted by atomic mass is 19.1. The predicted octanol–water partition coefficient (Wildman–Crippen LogP) is 1.81. The Morgan fingerprint density at radius 2 is 2.05 bits per heavy atom. The van der Waals surface area contributed by atoms with Gasteiger partial charge in [-0.15, -0.1) is 0 Å². The van der Waals surface area contributed by atoms with Crippen molar-refractivity contribution >= 4 is 22.7 Å². The normalized spacial score (nSPS) is 11.5. The fraction of sp³-hybridized carbons (Fsp3) is 0.333. The number of hydrogen-bond acceptors (Lipinski definition) is 5. The smallest absolute Gasteiger partial charge is 0.379 e. The van der Waals surface area contributed by atoms with Gasteiger partial charge in [-0.1, -0.05) is 0 Å². The van der Waals surface area contributed by atoms with Gasteiger partial charge in [0.2, 0.25) is 0 Å². The average molecular weight is 309 g/mol. The SMILES string of the molecule is COC(=O)C(=O)c1c[nH]c2c(OC(C)(C)CO)ccc(F)c12. The summed E-state index contributed by atoms with van der Waals surface area (Å²) in [4.78, 5) is 26.0. The van der Waals surface area contributed by atoms with Gasteiger partial charge in [-0.3, -0.25) is 4.79 Å². The number of benzene rings is 1. The van der Waals surface area contributed by atoms with Crippen molar-refractivity contribution in [3.63, 3.8) is 0 Å². The molecule has 1 aromatic carbocycles. The Bertz CT molecular complexity index is 735. The highest BCUT2D eigenvalue weighted by Gasteiger charge is 2.26. The Balaban J connectivity index is 2.57. The number of fused-ring (bicyclic) bond motifs is 1. The van der Waals surface area contributed by atoms with Gasteiger partial charge in [0, 0.05) is 6.20 Å². The first-order chi connectivity index (χ1) is 10.3. The third-order valence-corrected chi connectivity index (χ3v) is 3.13. The molecule has 0 aliphatic heterocycles. The van der Waals surface area contributed by atoms with Crippen LogP contribution >= 0.6 is 0 Å². The maximum absolute atomic E-state index is 14.1. The number of halogens is 1. The molecule has 0 saturated heterocycles. The van der Waals surface area contributed by atoms with E-state index in [-0.39, 0.29) is 28.8 Å². The first-order valence-electron chi connectivity index (χ1n) is 6.53. The highest BCUT2D eigenvalue weighted by molar-refractivity contribution is 6.43. The molecule has 0 atom stereocenters. The number of aromatic nitrogens is 1. The van der Waals surface area contributed by atoms with Crippen LogP contribution in [-0.2, 0) is 9.53 Å². The van der Waals surface area contributed by atoms with E-state index in [4.69, 9.17) is 4.74 Å². The van der Waals surface area contributed by atoms with Gasteiger partial charge < -0.3 is 19.6 Å². The van der Waals surface area contributed by atoms with Gasteiger partial charge in [-0.2, -0.15) is 0 Å². The molecule has 0 bridgehead atoms. The Hall–Kier alpha value is -2.41. The number of aliphatic hydroxyl groups is 1. The second kappa shape index (κ2) is 5.76. The van der Waals surface area contributed by atoms with E-state index >= 15 is 0 Å². The maximum atomic E-state index is 14.1. The molecule has 0 aliphatic rings. The zero-order valence-corrected chi connectivity index (χ0v) is 12.4. The van der Waals surface area contributed by atoms with Crippen LogP contribution in [0.3, 0.4) is 0 Å². The lowest BCUT2D eigenvalue weighted by molar-refractivity contribution is -0.135. The van der Waals surface area contributed by atoms with Gasteiger partial charge in [0.05, 0.1) is 30.2 Å². The van der Waals surface area contributed by atoms with Crippen LogP contribution in [0.5, 0.6) is 5.75 Å². The summed E-state index contributed by atoms with van der Waals surface area (Å²) in [6.07, 6.45) is 1.23. The van der Waals surface area contributed by atoms with E-state index < -0.39 is 23.2 Å². The minimum absolute atomic E-state index is 0.0540. The molecule has 2 rings (SSSR count). The third kappa shape index (κ3) is 2.80. The lowest BCUT2D eigenvalue weighted by Crippen LogP contribution is -2.32. The number of rotatable bonds is 5. The van der Waals surface area contributed by atoms with Crippen molar-refractivity contribution in [3.8, 4) is 5.75 Å². The molecule has 7 heteroatoms. The van der Waals surface area contributed by atoms with E-state index in [9.17, 15) is 19.1 Å². The third-order valence-electron chi connectivity index (χ3n) is 3.13. The van der Waals surface area contributed by atoms with Gasteiger partial charge in [0.25, 0.3) is 5.78 Å². The van der Waals surface area contributed by atoms with Crippen molar-refractivity contribution in [2.75, 3.05) is 13.7 Å². The lowest BCUT2D eigenvalue weighted by Gasteiger charge is -2.24. The molecule has 0 spiro atoms. The fourth-order valence-electron chi connectivity index (χ4n) is 1.98. The van der Waals surface area contributed by atoms with Crippen molar-refractivity contribution in [2.24, 2.45) is 0 Å². The number of nitrogens with one attached hydrogen (secondary N) is 1. The molecule has 6 nitrogen and oxygen atoms in total. The number of methoxy groups -OCH3 is 1. The number of H-pyrrole nitrogens is 1. The number of esters is 1. The van der Waals surface area contributed by atoms with Gasteiger partial charge in [-0.05, 0) is 26.0 Å². The van der Waals surface area contributed by atoms with Crippen molar-refractivity contribution in [1.29, 1.82) is 0 Å². The van der Waals surface area contributed by atoms with Crippen LogP contribution in [0.15, 0.2) is 18.3 Å². The van der Waals surface area contributed by atoms with Crippen LogP contribution in [0.2, 0.25) is 0 Å². The van der Waals surface area contributed by atoms with Crippen molar-refractivity contribution < 1.29 is 28.6 Å². The van der Waals surface area contributed by atoms with Gasteiger partial charge in [-0.25, -0.2) is 9.18 Å². The zero-order valence-electron chi connectivity index (χ0n) is 12.4. The summed E-state index contributed by atoms with van der Waals surface area (Å²) >= 11 is 0. The standard InChI is InChI=1S/C15H16FNO5/c1-15(2,7-18)22-10-5-4-9(16)11-8(6-17-12(10)11)13(19)14(20)21-3/h4-6,17-18H,7H2,1-3H3. The molecule has 0 saturated carbocycles.